The van der Waals surface area contributed by atoms with Gasteiger partial charge < -0.3 is 9.47 Å². The van der Waals surface area contributed by atoms with Gasteiger partial charge in [-0.25, -0.2) is 0 Å². The summed E-state index contributed by atoms with van der Waals surface area (Å²) in [4.78, 5) is 10.2. The molecule has 22 heavy (non-hydrogen) atoms. The van der Waals surface area contributed by atoms with Gasteiger partial charge in [0.15, 0.2) is 11.5 Å². The van der Waals surface area contributed by atoms with Crippen LogP contribution in [0.3, 0.4) is 0 Å². The van der Waals surface area contributed by atoms with Gasteiger partial charge in [0.1, 0.15) is 0 Å². The van der Waals surface area contributed by atoms with Crippen molar-refractivity contribution >= 4 is 17.6 Å². The van der Waals surface area contributed by atoms with E-state index in [1.54, 1.807) is 44.7 Å². The minimum absolute atomic E-state index is 0.00585. The van der Waals surface area contributed by atoms with E-state index in [1.807, 2.05) is 6.07 Å². The minimum atomic E-state index is -0.455. The van der Waals surface area contributed by atoms with Crippen LogP contribution in [0.2, 0.25) is 0 Å². The second kappa shape index (κ2) is 7.07. The van der Waals surface area contributed by atoms with Gasteiger partial charge in [-0.15, -0.1) is 0 Å². The van der Waals surface area contributed by atoms with Crippen molar-refractivity contribution in [3.8, 4) is 11.5 Å². The Hall–Kier alpha value is -3.09. The molecule has 0 aliphatic heterocycles. The molecular weight excluding hydrogens is 286 g/mol. The predicted molar refractivity (Wildman–Crippen MR) is 83.9 cm³/mol. The zero-order valence-corrected chi connectivity index (χ0v) is 12.1. The first kappa shape index (κ1) is 15.3. The number of hydrazone groups is 1. The molecule has 2 rings (SSSR count). The van der Waals surface area contributed by atoms with Crippen molar-refractivity contribution in [2.24, 2.45) is 5.10 Å². The van der Waals surface area contributed by atoms with E-state index < -0.39 is 4.92 Å². The molecule has 0 unspecified atom stereocenters. The van der Waals surface area contributed by atoms with Crippen molar-refractivity contribution in [2.75, 3.05) is 19.6 Å². The van der Waals surface area contributed by atoms with Crippen LogP contribution in [0.4, 0.5) is 11.4 Å². The van der Waals surface area contributed by atoms with Gasteiger partial charge in [-0.05, 0) is 29.8 Å². The highest BCUT2D eigenvalue weighted by molar-refractivity contribution is 5.81. The summed E-state index contributed by atoms with van der Waals surface area (Å²) in [6, 6.07) is 11.5. The lowest BCUT2D eigenvalue weighted by molar-refractivity contribution is -0.384. The van der Waals surface area contributed by atoms with E-state index in [4.69, 9.17) is 9.47 Å². The molecule has 2 aromatic rings. The lowest BCUT2D eigenvalue weighted by Crippen LogP contribution is -1.94. The molecular formula is C15H15N3O4. The molecule has 114 valence electrons. The third kappa shape index (κ3) is 3.72. The number of nitro groups is 1. The number of anilines is 1. The van der Waals surface area contributed by atoms with Crippen molar-refractivity contribution < 1.29 is 14.4 Å². The minimum Gasteiger partial charge on any atom is -0.493 e. The number of hydrogen-bond donors (Lipinski definition) is 1. The van der Waals surface area contributed by atoms with Crippen LogP contribution >= 0.6 is 0 Å². The molecule has 1 N–H and O–H groups in total. The molecule has 0 aromatic heterocycles. The SMILES string of the molecule is COc1ccc(C=NNc2cccc([N+](=O)[O-])c2)cc1OC. The summed E-state index contributed by atoms with van der Waals surface area (Å²) < 4.78 is 10.4. The summed E-state index contributed by atoms with van der Waals surface area (Å²) in [5.74, 6) is 1.23. The molecule has 0 aliphatic rings. The lowest BCUT2D eigenvalue weighted by atomic mass is 10.2. The summed E-state index contributed by atoms with van der Waals surface area (Å²) >= 11 is 0. The number of nitro benzene ring substituents is 1. The van der Waals surface area contributed by atoms with Crippen LogP contribution in [0.5, 0.6) is 11.5 Å². The molecule has 2 aromatic carbocycles. The van der Waals surface area contributed by atoms with Crippen LogP contribution in [-0.2, 0) is 0 Å². The van der Waals surface area contributed by atoms with Gasteiger partial charge in [0.2, 0.25) is 0 Å². The lowest BCUT2D eigenvalue weighted by Gasteiger charge is -2.07. The summed E-state index contributed by atoms with van der Waals surface area (Å²) in [6.45, 7) is 0. The fraction of sp³-hybridized carbons (Fsp3) is 0.133. The normalized spacial score (nSPS) is 10.5. The van der Waals surface area contributed by atoms with Gasteiger partial charge in [-0.3, -0.25) is 15.5 Å². The summed E-state index contributed by atoms with van der Waals surface area (Å²) in [5.41, 5.74) is 4.09. The molecule has 0 radical (unpaired) electrons. The number of ether oxygens (including phenoxy) is 2. The van der Waals surface area contributed by atoms with Crippen LogP contribution in [0, 0.1) is 10.1 Å². The topological polar surface area (TPSA) is 86.0 Å². The van der Waals surface area contributed by atoms with Gasteiger partial charge in [0.05, 0.1) is 31.0 Å². The Labute approximate surface area is 127 Å². The van der Waals surface area contributed by atoms with E-state index in [2.05, 4.69) is 10.5 Å². The maximum absolute atomic E-state index is 10.7. The Morgan fingerprint density at radius 1 is 1.14 bits per heavy atom. The molecule has 0 atom stereocenters. The van der Waals surface area contributed by atoms with Crippen LogP contribution in [0.1, 0.15) is 5.56 Å². The van der Waals surface area contributed by atoms with Gasteiger partial charge in [0, 0.05) is 12.1 Å². The van der Waals surface area contributed by atoms with Gasteiger partial charge in [0.25, 0.3) is 5.69 Å². The average molecular weight is 301 g/mol. The maximum Gasteiger partial charge on any atom is 0.271 e. The highest BCUT2D eigenvalue weighted by Crippen LogP contribution is 2.26. The number of nitrogens with zero attached hydrogens (tertiary/aromatic N) is 2. The smallest absolute Gasteiger partial charge is 0.271 e. The molecule has 7 nitrogen and oxygen atoms in total. The van der Waals surface area contributed by atoms with Crippen LogP contribution in [-0.4, -0.2) is 25.4 Å². The first-order chi connectivity index (χ1) is 10.6. The van der Waals surface area contributed by atoms with Gasteiger partial charge in [-0.1, -0.05) is 6.07 Å². The fourth-order valence-corrected chi connectivity index (χ4v) is 1.80. The largest absolute Gasteiger partial charge is 0.493 e. The molecule has 0 saturated carbocycles. The number of nitrogens with one attached hydrogen (secondary N) is 1. The zero-order chi connectivity index (χ0) is 15.9. The van der Waals surface area contributed by atoms with Gasteiger partial charge >= 0.3 is 0 Å². The quantitative estimate of drug-likeness (QED) is 0.503. The van der Waals surface area contributed by atoms with Crippen LogP contribution < -0.4 is 14.9 Å². The van der Waals surface area contributed by atoms with E-state index in [1.165, 1.54) is 12.1 Å². The Kier molecular flexibility index (Phi) is 4.92. The molecule has 7 heteroatoms. The summed E-state index contributed by atoms with van der Waals surface area (Å²) in [6.07, 6.45) is 1.58. The number of non-ortho nitro benzene ring substituents is 1. The van der Waals surface area contributed by atoms with E-state index in [0.717, 1.165) is 5.56 Å². The first-order valence-corrected chi connectivity index (χ1v) is 6.39. The number of methoxy groups -OCH3 is 2. The molecule has 0 heterocycles. The molecule has 0 bridgehead atoms. The Morgan fingerprint density at radius 3 is 2.59 bits per heavy atom. The molecule has 0 saturated heterocycles. The van der Waals surface area contributed by atoms with E-state index in [9.17, 15) is 10.1 Å². The third-order valence-corrected chi connectivity index (χ3v) is 2.87. The third-order valence-electron chi connectivity index (χ3n) is 2.87. The maximum atomic E-state index is 10.7. The highest BCUT2D eigenvalue weighted by Gasteiger charge is 2.05. The first-order valence-electron chi connectivity index (χ1n) is 6.39. The standard InChI is InChI=1S/C15H15N3O4/c1-21-14-7-6-11(8-15(14)22-2)10-16-17-12-4-3-5-13(9-12)18(19)20/h3-10,17H,1-2H3. The van der Waals surface area contributed by atoms with Crippen molar-refractivity contribution in [1.82, 2.24) is 0 Å². The van der Waals surface area contributed by atoms with Gasteiger partial charge in [-0.2, -0.15) is 5.10 Å². The highest BCUT2D eigenvalue weighted by atomic mass is 16.6. The Bertz CT molecular complexity index is 701. The predicted octanol–water partition coefficient (Wildman–Crippen LogP) is 3.06. The Morgan fingerprint density at radius 2 is 1.91 bits per heavy atom. The Balaban J connectivity index is 2.09. The van der Waals surface area contributed by atoms with E-state index >= 15 is 0 Å². The fourth-order valence-electron chi connectivity index (χ4n) is 1.80. The average Bonchev–Trinajstić information content (AvgIpc) is 2.55. The van der Waals surface area contributed by atoms with E-state index in [0.29, 0.717) is 17.2 Å². The number of hydrogen-bond acceptors (Lipinski definition) is 6. The van der Waals surface area contributed by atoms with Crippen molar-refractivity contribution in [2.45, 2.75) is 0 Å². The number of rotatable bonds is 6. The second-order valence-corrected chi connectivity index (χ2v) is 4.29. The van der Waals surface area contributed by atoms with Crippen molar-refractivity contribution in [3.05, 3.63) is 58.1 Å². The summed E-state index contributed by atoms with van der Waals surface area (Å²) in [5, 5.41) is 14.7. The zero-order valence-electron chi connectivity index (χ0n) is 12.1. The second-order valence-electron chi connectivity index (χ2n) is 4.29. The monoisotopic (exact) mass is 301 g/mol. The molecule has 0 spiro atoms. The van der Waals surface area contributed by atoms with Crippen LogP contribution in [0.25, 0.3) is 0 Å². The molecule has 0 fully saturated rings. The van der Waals surface area contributed by atoms with Crippen molar-refractivity contribution in [3.63, 3.8) is 0 Å². The molecule has 0 amide bonds. The van der Waals surface area contributed by atoms with E-state index in [-0.39, 0.29) is 5.69 Å². The molecule has 0 aliphatic carbocycles. The summed E-state index contributed by atoms with van der Waals surface area (Å²) in [7, 11) is 3.12. The van der Waals surface area contributed by atoms with Crippen molar-refractivity contribution in [1.29, 1.82) is 0 Å². The van der Waals surface area contributed by atoms with Crippen LogP contribution in [0.15, 0.2) is 47.6 Å². The number of benzene rings is 2.